The Morgan fingerprint density at radius 1 is 1.08 bits per heavy atom. The molecule has 11 heteroatoms. The van der Waals surface area contributed by atoms with Gasteiger partial charge in [0.15, 0.2) is 0 Å². The molecule has 0 bridgehead atoms. The number of nitrogens with one attached hydrogen (secondary N) is 2. The van der Waals surface area contributed by atoms with E-state index in [0.717, 1.165) is 11.1 Å². The molecule has 1 aliphatic rings. The minimum absolute atomic E-state index is 0.0339. The number of hydrogen-bond donors (Lipinski definition) is 2. The first-order valence-corrected chi connectivity index (χ1v) is 14.8. The topological polar surface area (TPSA) is 109 Å². The van der Waals surface area contributed by atoms with Crippen LogP contribution in [-0.4, -0.2) is 30.9 Å². The number of anilines is 2. The number of aryl methyl sites for hydroxylation is 1. The predicted molar refractivity (Wildman–Crippen MR) is 152 cm³/mol. The van der Waals surface area contributed by atoms with Crippen molar-refractivity contribution >= 4 is 56.6 Å². The lowest BCUT2D eigenvalue weighted by Crippen LogP contribution is -2.27. The van der Waals surface area contributed by atoms with Crippen molar-refractivity contribution in [3.05, 3.63) is 113 Å². The SMILES string of the molecule is Cc1ccc(Cl)cc1NS(=O)(=O)c1ccc(NC(=O)c2ccc([C@H]3SCC(=O)N3Cc3ccco3)cc2)cc1. The number of nitrogens with zero attached hydrogens (tertiary/aromatic N) is 1. The van der Waals surface area contributed by atoms with Gasteiger partial charge in [-0.05, 0) is 78.7 Å². The van der Waals surface area contributed by atoms with Crippen molar-refractivity contribution in [1.29, 1.82) is 0 Å². The Kier molecular flexibility index (Phi) is 7.69. The molecule has 1 atom stereocenters. The van der Waals surface area contributed by atoms with Gasteiger partial charge in [0.25, 0.3) is 15.9 Å². The van der Waals surface area contributed by atoms with E-state index in [1.165, 1.54) is 36.0 Å². The van der Waals surface area contributed by atoms with E-state index in [0.29, 0.717) is 40.0 Å². The van der Waals surface area contributed by atoms with Gasteiger partial charge in [-0.2, -0.15) is 0 Å². The van der Waals surface area contributed by atoms with Crippen LogP contribution in [0.5, 0.6) is 0 Å². The highest BCUT2D eigenvalue weighted by molar-refractivity contribution is 8.00. The van der Waals surface area contributed by atoms with Crippen molar-refractivity contribution in [3.8, 4) is 0 Å². The van der Waals surface area contributed by atoms with Gasteiger partial charge < -0.3 is 14.6 Å². The average molecular weight is 582 g/mol. The summed E-state index contributed by atoms with van der Waals surface area (Å²) < 4.78 is 33.6. The number of carbonyl (C=O) groups excluding carboxylic acids is 2. The van der Waals surface area contributed by atoms with E-state index in [4.69, 9.17) is 16.0 Å². The molecule has 2 N–H and O–H groups in total. The zero-order valence-electron chi connectivity index (χ0n) is 20.8. The number of amides is 2. The standard InChI is InChI=1S/C28H24ClN3O5S2/c1-18-4-9-21(29)15-25(18)31-39(35,36)24-12-10-22(11-13-24)30-27(34)19-5-7-20(8-6-19)28-32(26(33)17-38-28)16-23-3-2-14-37-23/h2-15,28,31H,16-17H2,1H3,(H,30,34)/t28-/m1/s1. The van der Waals surface area contributed by atoms with Gasteiger partial charge in [-0.25, -0.2) is 8.42 Å². The van der Waals surface area contributed by atoms with Gasteiger partial charge in [0, 0.05) is 16.3 Å². The molecule has 4 aromatic rings. The molecule has 0 saturated carbocycles. The first-order valence-electron chi connectivity index (χ1n) is 11.9. The van der Waals surface area contributed by atoms with Crippen LogP contribution in [0.1, 0.15) is 32.6 Å². The minimum Gasteiger partial charge on any atom is -0.467 e. The molecule has 0 spiro atoms. The number of hydrogen-bond acceptors (Lipinski definition) is 6. The number of carbonyl (C=O) groups is 2. The maximum absolute atomic E-state index is 12.8. The maximum Gasteiger partial charge on any atom is 0.261 e. The Balaban J connectivity index is 1.23. The molecule has 0 radical (unpaired) electrons. The van der Waals surface area contributed by atoms with Crippen molar-refractivity contribution in [2.45, 2.75) is 23.7 Å². The minimum atomic E-state index is -3.85. The third-order valence-corrected chi connectivity index (χ3v) is 9.07. The highest BCUT2D eigenvalue weighted by atomic mass is 35.5. The van der Waals surface area contributed by atoms with Crippen LogP contribution in [0.4, 0.5) is 11.4 Å². The molecule has 8 nitrogen and oxygen atoms in total. The molecule has 3 aromatic carbocycles. The Hall–Kier alpha value is -3.73. The molecule has 1 aromatic heterocycles. The van der Waals surface area contributed by atoms with Gasteiger partial charge >= 0.3 is 0 Å². The van der Waals surface area contributed by atoms with E-state index in [1.54, 1.807) is 54.5 Å². The third-order valence-electron chi connectivity index (χ3n) is 6.20. The van der Waals surface area contributed by atoms with Gasteiger partial charge in [-0.1, -0.05) is 29.8 Å². The summed E-state index contributed by atoms with van der Waals surface area (Å²) in [6.45, 7) is 2.16. The molecule has 2 amide bonds. The van der Waals surface area contributed by atoms with E-state index in [9.17, 15) is 18.0 Å². The highest BCUT2D eigenvalue weighted by Gasteiger charge is 2.33. The van der Waals surface area contributed by atoms with Gasteiger partial charge in [-0.15, -0.1) is 11.8 Å². The van der Waals surface area contributed by atoms with Crippen molar-refractivity contribution in [2.75, 3.05) is 15.8 Å². The molecule has 0 unspecified atom stereocenters. The van der Waals surface area contributed by atoms with Crippen molar-refractivity contribution in [3.63, 3.8) is 0 Å². The van der Waals surface area contributed by atoms with Crippen LogP contribution in [0.25, 0.3) is 0 Å². The van der Waals surface area contributed by atoms with Crippen LogP contribution in [0.3, 0.4) is 0 Å². The second-order valence-electron chi connectivity index (χ2n) is 8.93. The summed E-state index contributed by atoms with van der Waals surface area (Å²) in [5.41, 5.74) is 2.92. The molecular weight excluding hydrogens is 558 g/mol. The normalized spacial score (nSPS) is 15.4. The van der Waals surface area contributed by atoms with Crippen LogP contribution >= 0.6 is 23.4 Å². The number of rotatable bonds is 8. The summed E-state index contributed by atoms with van der Waals surface area (Å²) in [4.78, 5) is 27.1. The van der Waals surface area contributed by atoms with Crippen molar-refractivity contribution in [1.82, 2.24) is 4.90 Å². The molecule has 200 valence electrons. The second kappa shape index (κ2) is 11.2. The van der Waals surface area contributed by atoms with Crippen LogP contribution in [0.15, 0.2) is 94.4 Å². The van der Waals surface area contributed by atoms with Crippen molar-refractivity contribution in [2.24, 2.45) is 0 Å². The molecule has 5 rings (SSSR count). The van der Waals surface area contributed by atoms with Crippen LogP contribution in [-0.2, 0) is 21.4 Å². The Labute approximate surface area is 235 Å². The fourth-order valence-corrected chi connectivity index (χ4v) is 6.58. The van der Waals surface area contributed by atoms with Crippen molar-refractivity contribution < 1.29 is 22.4 Å². The largest absolute Gasteiger partial charge is 0.467 e. The summed E-state index contributed by atoms with van der Waals surface area (Å²) in [5.74, 6) is 0.785. The molecule has 0 aliphatic carbocycles. The van der Waals surface area contributed by atoms with E-state index in [1.807, 2.05) is 18.2 Å². The lowest BCUT2D eigenvalue weighted by molar-refractivity contribution is -0.128. The number of thioether (sulfide) groups is 1. The zero-order chi connectivity index (χ0) is 27.6. The van der Waals surface area contributed by atoms with Crippen LogP contribution < -0.4 is 10.0 Å². The lowest BCUT2D eigenvalue weighted by Gasteiger charge is -2.23. The van der Waals surface area contributed by atoms with E-state index < -0.39 is 10.0 Å². The summed E-state index contributed by atoms with van der Waals surface area (Å²) in [6, 6.07) is 21.6. The molecular formula is C28H24ClN3O5S2. The first kappa shape index (κ1) is 26.9. The van der Waals surface area contributed by atoms with Crippen LogP contribution in [0.2, 0.25) is 5.02 Å². The van der Waals surface area contributed by atoms with Gasteiger partial charge in [0.1, 0.15) is 11.1 Å². The second-order valence-corrected chi connectivity index (χ2v) is 12.1. The van der Waals surface area contributed by atoms with Gasteiger partial charge in [0.2, 0.25) is 5.91 Å². The number of benzene rings is 3. The summed E-state index contributed by atoms with van der Waals surface area (Å²) in [5, 5.41) is 3.04. The predicted octanol–water partition coefficient (Wildman–Crippen LogP) is 6.07. The van der Waals surface area contributed by atoms with Crippen LogP contribution in [0, 0.1) is 6.92 Å². The highest BCUT2D eigenvalue weighted by Crippen LogP contribution is 2.39. The first-order chi connectivity index (χ1) is 18.7. The fraction of sp³-hybridized carbons (Fsp3) is 0.143. The monoisotopic (exact) mass is 581 g/mol. The summed E-state index contributed by atoms with van der Waals surface area (Å²) >= 11 is 7.52. The lowest BCUT2D eigenvalue weighted by atomic mass is 10.1. The summed E-state index contributed by atoms with van der Waals surface area (Å²) in [7, 11) is -3.85. The zero-order valence-corrected chi connectivity index (χ0v) is 23.1. The van der Waals surface area contributed by atoms with E-state index >= 15 is 0 Å². The molecule has 1 saturated heterocycles. The number of halogens is 1. The van der Waals surface area contributed by atoms with Gasteiger partial charge in [-0.3, -0.25) is 14.3 Å². The maximum atomic E-state index is 12.8. The Bertz CT molecular complexity index is 1610. The van der Waals surface area contributed by atoms with E-state index in [-0.39, 0.29) is 22.1 Å². The quantitative estimate of drug-likeness (QED) is 0.261. The average Bonchev–Trinajstić information content (AvgIpc) is 3.57. The smallest absolute Gasteiger partial charge is 0.261 e. The van der Waals surface area contributed by atoms with E-state index in [2.05, 4.69) is 10.0 Å². The number of sulfonamides is 1. The Morgan fingerprint density at radius 3 is 2.51 bits per heavy atom. The number of furan rings is 1. The Morgan fingerprint density at radius 2 is 1.82 bits per heavy atom. The third kappa shape index (κ3) is 6.13. The fourth-order valence-electron chi connectivity index (χ4n) is 4.10. The summed E-state index contributed by atoms with van der Waals surface area (Å²) in [6.07, 6.45) is 1.58. The molecule has 2 heterocycles. The molecule has 39 heavy (non-hydrogen) atoms. The van der Waals surface area contributed by atoms with Gasteiger partial charge in [0.05, 0.1) is 29.1 Å². The molecule has 1 aliphatic heterocycles. The molecule has 1 fully saturated rings.